The fraction of sp³-hybridized carbons (Fsp3) is 0.364. The van der Waals surface area contributed by atoms with Crippen molar-refractivity contribution in [2.24, 2.45) is 5.92 Å². The van der Waals surface area contributed by atoms with E-state index in [0.29, 0.717) is 6.42 Å². The third-order valence-corrected chi connectivity index (χ3v) is 2.31. The number of hydrogen-bond acceptors (Lipinski definition) is 3. The van der Waals surface area contributed by atoms with E-state index >= 15 is 0 Å². The number of amides is 1. The fourth-order valence-electron chi connectivity index (χ4n) is 1.22. The van der Waals surface area contributed by atoms with Gasteiger partial charge in [-0.2, -0.15) is 0 Å². The van der Waals surface area contributed by atoms with Gasteiger partial charge in [0.05, 0.1) is 12.1 Å². The minimum absolute atomic E-state index is 0.0315. The molecule has 1 heterocycles. The van der Waals surface area contributed by atoms with Crippen molar-refractivity contribution >= 4 is 11.9 Å². The molecule has 2 N–H and O–H groups in total. The van der Waals surface area contributed by atoms with Gasteiger partial charge in [0.1, 0.15) is 11.5 Å². The number of carbonyl (C=O) groups is 2. The van der Waals surface area contributed by atoms with Crippen molar-refractivity contribution in [1.29, 1.82) is 0 Å². The Hall–Kier alpha value is -1.98. The number of carboxylic acids is 1. The maximum Gasteiger partial charge on any atom is 0.308 e. The Morgan fingerprint density at radius 1 is 1.53 bits per heavy atom. The van der Waals surface area contributed by atoms with Crippen LogP contribution in [0.25, 0.3) is 0 Å². The zero-order chi connectivity index (χ0) is 12.8. The van der Waals surface area contributed by atoms with E-state index in [1.54, 1.807) is 6.92 Å². The second-order valence-electron chi connectivity index (χ2n) is 3.52. The Kier molecular flexibility index (Phi) is 4.56. The van der Waals surface area contributed by atoms with Crippen LogP contribution >= 0.6 is 0 Å². The molecular formula is C11H13FN2O3. The smallest absolute Gasteiger partial charge is 0.308 e. The van der Waals surface area contributed by atoms with Crippen LogP contribution in [0, 0.1) is 11.7 Å². The third-order valence-electron chi connectivity index (χ3n) is 2.31. The molecule has 17 heavy (non-hydrogen) atoms. The second-order valence-corrected chi connectivity index (χ2v) is 3.52. The molecule has 6 heteroatoms. The number of carboxylic acid groups (broad SMARTS) is 1. The van der Waals surface area contributed by atoms with Crippen molar-refractivity contribution in [3.8, 4) is 0 Å². The van der Waals surface area contributed by atoms with Crippen LogP contribution in [-0.4, -0.2) is 28.5 Å². The molecule has 1 unspecified atom stereocenters. The molecule has 0 radical (unpaired) electrons. The van der Waals surface area contributed by atoms with Crippen LogP contribution in [0.15, 0.2) is 18.3 Å². The average molecular weight is 240 g/mol. The molecule has 0 aliphatic rings. The van der Waals surface area contributed by atoms with E-state index in [1.807, 2.05) is 0 Å². The number of rotatable bonds is 5. The molecule has 0 aliphatic carbocycles. The lowest BCUT2D eigenvalue weighted by molar-refractivity contribution is -0.141. The number of aromatic nitrogens is 1. The molecule has 0 fully saturated rings. The van der Waals surface area contributed by atoms with Crippen LogP contribution in [0.5, 0.6) is 0 Å². The van der Waals surface area contributed by atoms with Crippen LogP contribution in [0.4, 0.5) is 4.39 Å². The highest BCUT2D eigenvalue weighted by molar-refractivity contribution is 5.92. The molecular weight excluding hydrogens is 227 g/mol. The summed E-state index contributed by atoms with van der Waals surface area (Å²) >= 11 is 0. The first-order valence-electron chi connectivity index (χ1n) is 5.17. The molecule has 0 saturated heterocycles. The summed E-state index contributed by atoms with van der Waals surface area (Å²) in [6, 6.07) is 2.36. The first-order valence-corrected chi connectivity index (χ1v) is 5.17. The highest BCUT2D eigenvalue weighted by atomic mass is 19.1. The minimum atomic E-state index is -0.958. The molecule has 1 rings (SSSR count). The summed E-state index contributed by atoms with van der Waals surface area (Å²) in [7, 11) is 0. The maximum atomic E-state index is 12.6. The summed E-state index contributed by atoms with van der Waals surface area (Å²) in [5.74, 6) is -2.62. The summed E-state index contributed by atoms with van der Waals surface area (Å²) in [6.07, 6.45) is 1.36. The van der Waals surface area contributed by atoms with E-state index in [1.165, 1.54) is 6.07 Å². The van der Waals surface area contributed by atoms with Crippen molar-refractivity contribution in [1.82, 2.24) is 10.3 Å². The monoisotopic (exact) mass is 240 g/mol. The lowest BCUT2D eigenvalue weighted by Crippen LogP contribution is -2.33. The van der Waals surface area contributed by atoms with E-state index in [2.05, 4.69) is 10.3 Å². The van der Waals surface area contributed by atoms with Gasteiger partial charge in [-0.1, -0.05) is 6.92 Å². The molecule has 0 aromatic carbocycles. The predicted octanol–water partition coefficient (Wildman–Crippen LogP) is 1.06. The summed E-state index contributed by atoms with van der Waals surface area (Å²) < 4.78 is 12.6. The maximum absolute atomic E-state index is 12.6. The Balaban J connectivity index is 2.55. The quantitative estimate of drug-likeness (QED) is 0.806. The van der Waals surface area contributed by atoms with Crippen molar-refractivity contribution < 1.29 is 19.1 Å². The van der Waals surface area contributed by atoms with E-state index in [-0.39, 0.29) is 12.2 Å². The van der Waals surface area contributed by atoms with Gasteiger partial charge in [-0.15, -0.1) is 0 Å². The molecule has 0 saturated carbocycles. The number of hydrogen-bond donors (Lipinski definition) is 2. The molecule has 1 aromatic rings. The Morgan fingerprint density at radius 2 is 2.24 bits per heavy atom. The van der Waals surface area contributed by atoms with Crippen molar-refractivity contribution in [3.05, 3.63) is 29.8 Å². The summed E-state index contributed by atoms with van der Waals surface area (Å²) in [4.78, 5) is 25.8. The van der Waals surface area contributed by atoms with E-state index < -0.39 is 23.6 Å². The van der Waals surface area contributed by atoms with Gasteiger partial charge in [-0.3, -0.25) is 9.59 Å². The average Bonchev–Trinajstić information content (AvgIpc) is 2.30. The zero-order valence-corrected chi connectivity index (χ0v) is 9.31. The normalized spacial score (nSPS) is 11.9. The summed E-state index contributed by atoms with van der Waals surface area (Å²) in [6.45, 7) is 1.75. The highest BCUT2D eigenvalue weighted by Crippen LogP contribution is 2.02. The van der Waals surface area contributed by atoms with Crippen molar-refractivity contribution in [2.45, 2.75) is 13.3 Å². The zero-order valence-electron chi connectivity index (χ0n) is 9.31. The standard InChI is InChI=1S/C11H13FN2O3/c1-2-7(11(16)17)5-14-10(15)9-4-3-8(12)6-13-9/h3-4,6-7H,2,5H2,1H3,(H,14,15)(H,16,17). The van der Waals surface area contributed by atoms with Crippen molar-refractivity contribution in [3.63, 3.8) is 0 Å². The van der Waals surface area contributed by atoms with E-state index in [0.717, 1.165) is 12.3 Å². The first-order chi connectivity index (χ1) is 8.04. The van der Waals surface area contributed by atoms with E-state index in [9.17, 15) is 14.0 Å². The molecule has 0 aliphatic heterocycles. The second kappa shape index (κ2) is 5.93. The number of halogens is 1. The Labute approximate surface area is 97.7 Å². The molecule has 1 amide bonds. The molecule has 1 atom stereocenters. The fourth-order valence-corrected chi connectivity index (χ4v) is 1.22. The summed E-state index contributed by atoms with van der Waals surface area (Å²) in [5, 5.41) is 11.2. The largest absolute Gasteiger partial charge is 0.481 e. The number of nitrogens with zero attached hydrogens (tertiary/aromatic N) is 1. The van der Waals surface area contributed by atoms with Gasteiger partial charge >= 0.3 is 5.97 Å². The Morgan fingerprint density at radius 3 is 2.71 bits per heavy atom. The number of pyridine rings is 1. The van der Waals surface area contributed by atoms with Crippen LogP contribution in [0.3, 0.4) is 0 Å². The summed E-state index contributed by atoms with van der Waals surface area (Å²) in [5.41, 5.74) is 0.0617. The van der Waals surface area contributed by atoms with Gasteiger partial charge in [-0.05, 0) is 18.6 Å². The number of aliphatic carboxylic acids is 1. The minimum Gasteiger partial charge on any atom is -0.481 e. The number of nitrogens with one attached hydrogen (secondary N) is 1. The lowest BCUT2D eigenvalue weighted by Gasteiger charge is -2.10. The van der Waals surface area contributed by atoms with Gasteiger partial charge in [-0.25, -0.2) is 9.37 Å². The predicted molar refractivity (Wildman–Crippen MR) is 57.9 cm³/mol. The van der Waals surface area contributed by atoms with Gasteiger partial charge in [0.2, 0.25) is 0 Å². The SMILES string of the molecule is CCC(CNC(=O)c1ccc(F)cn1)C(=O)O. The van der Waals surface area contributed by atoms with Gasteiger partial charge in [0, 0.05) is 6.54 Å². The van der Waals surface area contributed by atoms with Crippen molar-refractivity contribution in [2.75, 3.05) is 6.54 Å². The van der Waals surface area contributed by atoms with Crippen LogP contribution in [0.2, 0.25) is 0 Å². The Bertz CT molecular complexity index is 406. The van der Waals surface area contributed by atoms with Crippen LogP contribution < -0.4 is 5.32 Å². The van der Waals surface area contributed by atoms with Crippen LogP contribution in [0.1, 0.15) is 23.8 Å². The molecule has 1 aromatic heterocycles. The van der Waals surface area contributed by atoms with Crippen LogP contribution in [-0.2, 0) is 4.79 Å². The molecule has 0 bridgehead atoms. The first kappa shape index (κ1) is 13.1. The third kappa shape index (κ3) is 3.82. The molecule has 92 valence electrons. The van der Waals surface area contributed by atoms with Gasteiger partial charge < -0.3 is 10.4 Å². The number of carbonyl (C=O) groups excluding carboxylic acids is 1. The molecule has 0 spiro atoms. The molecule has 5 nitrogen and oxygen atoms in total. The van der Waals surface area contributed by atoms with Gasteiger partial charge in [0.25, 0.3) is 5.91 Å². The van der Waals surface area contributed by atoms with Gasteiger partial charge in [0.15, 0.2) is 0 Å². The lowest BCUT2D eigenvalue weighted by atomic mass is 10.1. The van der Waals surface area contributed by atoms with E-state index in [4.69, 9.17) is 5.11 Å². The highest BCUT2D eigenvalue weighted by Gasteiger charge is 2.16. The topological polar surface area (TPSA) is 79.3 Å².